The van der Waals surface area contributed by atoms with Crippen LogP contribution in [-0.2, 0) is 9.47 Å². The minimum atomic E-state index is -0.422. The zero-order chi connectivity index (χ0) is 15.5. The van der Waals surface area contributed by atoms with Crippen LogP contribution in [0.5, 0.6) is 0 Å². The average Bonchev–Trinajstić information content (AvgIpc) is 2.48. The Morgan fingerprint density at radius 2 is 1.95 bits per heavy atom. The first-order valence-electron chi connectivity index (χ1n) is 8.71. The molecule has 4 heteroatoms. The van der Waals surface area contributed by atoms with Crippen LogP contribution in [0.1, 0.15) is 52.9 Å². The van der Waals surface area contributed by atoms with Crippen molar-refractivity contribution in [2.24, 2.45) is 11.8 Å². The summed E-state index contributed by atoms with van der Waals surface area (Å²) in [4.78, 5) is 0. The fraction of sp³-hybridized carbons (Fsp3) is 1.00. The molecule has 0 aromatic carbocycles. The number of aliphatic hydroxyl groups is 1. The molecule has 0 saturated heterocycles. The summed E-state index contributed by atoms with van der Waals surface area (Å²) in [6, 6.07) is 0. The summed E-state index contributed by atoms with van der Waals surface area (Å²) < 4.78 is 11.4. The monoisotopic (exact) mass is 301 g/mol. The molecule has 3 unspecified atom stereocenters. The summed E-state index contributed by atoms with van der Waals surface area (Å²) in [6.45, 7) is 9.83. The van der Waals surface area contributed by atoms with Crippen molar-refractivity contribution in [3.8, 4) is 0 Å². The van der Waals surface area contributed by atoms with Gasteiger partial charge >= 0.3 is 0 Å². The van der Waals surface area contributed by atoms with E-state index in [0.29, 0.717) is 37.7 Å². The highest BCUT2D eigenvalue weighted by Gasteiger charge is 2.24. The molecular weight excluding hydrogens is 266 g/mol. The van der Waals surface area contributed by atoms with Crippen molar-refractivity contribution in [1.29, 1.82) is 0 Å². The molecular formula is C17H35NO3. The average molecular weight is 301 g/mol. The van der Waals surface area contributed by atoms with Crippen molar-refractivity contribution in [2.75, 3.05) is 32.9 Å². The minimum absolute atomic E-state index is 0.354. The normalized spacial score (nSPS) is 24.4. The predicted molar refractivity (Wildman–Crippen MR) is 86.5 cm³/mol. The van der Waals surface area contributed by atoms with Crippen molar-refractivity contribution in [3.05, 3.63) is 0 Å². The molecule has 126 valence electrons. The highest BCUT2D eigenvalue weighted by molar-refractivity contribution is 4.75. The Morgan fingerprint density at radius 1 is 1.19 bits per heavy atom. The number of aliphatic hydroxyl groups excluding tert-OH is 1. The molecule has 0 amide bonds. The zero-order valence-corrected chi connectivity index (χ0v) is 14.1. The Kier molecular flexibility index (Phi) is 10.3. The first-order chi connectivity index (χ1) is 10.1. The van der Waals surface area contributed by atoms with E-state index >= 15 is 0 Å². The molecule has 1 aliphatic carbocycles. The van der Waals surface area contributed by atoms with E-state index in [1.807, 2.05) is 0 Å². The van der Waals surface area contributed by atoms with Gasteiger partial charge in [-0.25, -0.2) is 0 Å². The first-order valence-corrected chi connectivity index (χ1v) is 8.71. The van der Waals surface area contributed by atoms with Gasteiger partial charge in [-0.2, -0.15) is 0 Å². The van der Waals surface area contributed by atoms with Crippen LogP contribution in [0, 0.1) is 11.8 Å². The maximum atomic E-state index is 9.96. The summed E-state index contributed by atoms with van der Waals surface area (Å²) >= 11 is 0. The second-order valence-corrected chi connectivity index (χ2v) is 6.65. The number of nitrogens with one attached hydrogen (secondary N) is 1. The van der Waals surface area contributed by atoms with Gasteiger partial charge in [-0.15, -0.1) is 0 Å². The van der Waals surface area contributed by atoms with Crippen molar-refractivity contribution < 1.29 is 14.6 Å². The lowest BCUT2D eigenvalue weighted by Gasteiger charge is -2.31. The molecule has 0 spiro atoms. The van der Waals surface area contributed by atoms with E-state index in [2.05, 4.69) is 26.1 Å². The SMILES string of the molecule is CCC1CCCCC1OCC(O)CNCCOCC(C)C. The van der Waals surface area contributed by atoms with Gasteiger partial charge < -0.3 is 19.9 Å². The first kappa shape index (κ1) is 18.9. The lowest BCUT2D eigenvalue weighted by Crippen LogP contribution is -2.36. The Hall–Kier alpha value is -0.160. The van der Waals surface area contributed by atoms with Gasteiger partial charge in [-0.1, -0.05) is 40.0 Å². The summed E-state index contributed by atoms with van der Waals surface area (Å²) in [5.74, 6) is 1.26. The molecule has 4 nitrogen and oxygen atoms in total. The van der Waals surface area contributed by atoms with E-state index < -0.39 is 6.10 Å². The standard InChI is InChI=1S/C17H35NO3/c1-4-15-7-5-6-8-17(15)21-13-16(19)11-18-9-10-20-12-14(2)3/h14-19H,4-13H2,1-3H3. The number of ether oxygens (including phenoxy) is 2. The lowest BCUT2D eigenvalue weighted by molar-refractivity contribution is -0.0501. The summed E-state index contributed by atoms with van der Waals surface area (Å²) in [5.41, 5.74) is 0. The third-order valence-electron chi connectivity index (χ3n) is 4.12. The molecule has 0 radical (unpaired) electrons. The van der Waals surface area contributed by atoms with Crippen molar-refractivity contribution in [3.63, 3.8) is 0 Å². The van der Waals surface area contributed by atoms with Crippen LogP contribution in [0.3, 0.4) is 0 Å². The van der Waals surface area contributed by atoms with Crippen LogP contribution in [0.15, 0.2) is 0 Å². The molecule has 21 heavy (non-hydrogen) atoms. The molecule has 0 aliphatic heterocycles. The largest absolute Gasteiger partial charge is 0.389 e. The van der Waals surface area contributed by atoms with Crippen molar-refractivity contribution in [1.82, 2.24) is 5.32 Å². The second-order valence-electron chi connectivity index (χ2n) is 6.65. The van der Waals surface area contributed by atoms with Gasteiger partial charge in [-0.05, 0) is 24.7 Å². The van der Waals surface area contributed by atoms with Crippen LogP contribution < -0.4 is 5.32 Å². The quantitative estimate of drug-likeness (QED) is 0.576. The van der Waals surface area contributed by atoms with Gasteiger partial charge in [-0.3, -0.25) is 0 Å². The Bertz CT molecular complexity index is 248. The third-order valence-corrected chi connectivity index (χ3v) is 4.12. The van der Waals surface area contributed by atoms with Crippen LogP contribution in [0.4, 0.5) is 0 Å². The van der Waals surface area contributed by atoms with E-state index in [0.717, 1.165) is 19.6 Å². The van der Waals surface area contributed by atoms with Gasteiger partial charge in [0.2, 0.25) is 0 Å². The van der Waals surface area contributed by atoms with Crippen molar-refractivity contribution >= 4 is 0 Å². The molecule has 0 aromatic heterocycles. The smallest absolute Gasteiger partial charge is 0.0897 e. The van der Waals surface area contributed by atoms with E-state index in [1.165, 1.54) is 25.7 Å². The fourth-order valence-corrected chi connectivity index (χ4v) is 2.89. The molecule has 1 rings (SSSR count). The van der Waals surface area contributed by atoms with Gasteiger partial charge in [0.05, 0.1) is 25.4 Å². The topological polar surface area (TPSA) is 50.7 Å². The third kappa shape index (κ3) is 8.77. The van der Waals surface area contributed by atoms with E-state index in [-0.39, 0.29) is 0 Å². The van der Waals surface area contributed by atoms with Crippen LogP contribution in [-0.4, -0.2) is 50.2 Å². The van der Waals surface area contributed by atoms with Gasteiger partial charge in [0.15, 0.2) is 0 Å². The Labute approximate surface area is 130 Å². The fourth-order valence-electron chi connectivity index (χ4n) is 2.89. The van der Waals surface area contributed by atoms with E-state index in [1.54, 1.807) is 0 Å². The number of hydrogen-bond acceptors (Lipinski definition) is 4. The molecule has 1 fully saturated rings. The van der Waals surface area contributed by atoms with E-state index in [4.69, 9.17) is 9.47 Å². The molecule has 3 atom stereocenters. The molecule has 0 aromatic rings. The van der Waals surface area contributed by atoms with Crippen LogP contribution >= 0.6 is 0 Å². The Balaban J connectivity index is 2.01. The van der Waals surface area contributed by atoms with E-state index in [9.17, 15) is 5.11 Å². The van der Waals surface area contributed by atoms with Crippen LogP contribution in [0.2, 0.25) is 0 Å². The van der Waals surface area contributed by atoms with Gasteiger partial charge in [0, 0.05) is 19.7 Å². The van der Waals surface area contributed by atoms with Gasteiger partial charge in [0.25, 0.3) is 0 Å². The molecule has 0 heterocycles. The highest BCUT2D eigenvalue weighted by Crippen LogP contribution is 2.29. The zero-order valence-electron chi connectivity index (χ0n) is 14.1. The Morgan fingerprint density at radius 3 is 2.67 bits per heavy atom. The summed E-state index contributed by atoms with van der Waals surface area (Å²) in [5, 5.41) is 13.2. The maximum Gasteiger partial charge on any atom is 0.0897 e. The van der Waals surface area contributed by atoms with Crippen LogP contribution in [0.25, 0.3) is 0 Å². The molecule has 1 saturated carbocycles. The second kappa shape index (κ2) is 11.4. The molecule has 2 N–H and O–H groups in total. The minimum Gasteiger partial charge on any atom is -0.389 e. The molecule has 1 aliphatic rings. The number of hydrogen-bond donors (Lipinski definition) is 2. The predicted octanol–water partition coefficient (Wildman–Crippen LogP) is 2.59. The summed E-state index contributed by atoms with van der Waals surface area (Å²) in [6.07, 6.45) is 6.15. The highest BCUT2D eigenvalue weighted by atomic mass is 16.5. The maximum absolute atomic E-state index is 9.96. The lowest BCUT2D eigenvalue weighted by atomic mass is 9.85. The van der Waals surface area contributed by atoms with Crippen molar-refractivity contribution in [2.45, 2.75) is 65.1 Å². The summed E-state index contributed by atoms with van der Waals surface area (Å²) in [7, 11) is 0. The molecule has 0 bridgehead atoms. The van der Waals surface area contributed by atoms with Gasteiger partial charge in [0.1, 0.15) is 0 Å². The number of rotatable bonds is 11.